The molecule has 0 radical (unpaired) electrons. The molecule has 2 heterocycles. The van der Waals surface area contributed by atoms with Crippen molar-refractivity contribution in [1.29, 1.82) is 0 Å². The van der Waals surface area contributed by atoms with Gasteiger partial charge in [0, 0.05) is 12.1 Å². The van der Waals surface area contributed by atoms with Crippen LogP contribution in [-0.2, 0) is 10.1 Å². The first-order valence-electron chi connectivity index (χ1n) is 6.86. The third kappa shape index (κ3) is 2.61. The Bertz CT molecular complexity index is 860. The molecular formula is C15H12O7S. The monoisotopic (exact) mass is 336 g/mol. The maximum atomic E-state index is 12.4. The second-order valence-corrected chi connectivity index (χ2v) is 6.40. The van der Waals surface area contributed by atoms with Gasteiger partial charge in [0.2, 0.25) is 6.79 Å². The van der Waals surface area contributed by atoms with Gasteiger partial charge in [0.15, 0.2) is 23.0 Å². The highest BCUT2D eigenvalue weighted by atomic mass is 32.2. The summed E-state index contributed by atoms with van der Waals surface area (Å²) in [7, 11) is -4.00. The van der Waals surface area contributed by atoms with E-state index in [2.05, 4.69) is 0 Å². The molecule has 0 spiro atoms. The van der Waals surface area contributed by atoms with Gasteiger partial charge in [-0.3, -0.25) is 0 Å². The molecule has 0 aromatic heterocycles. The van der Waals surface area contributed by atoms with Gasteiger partial charge in [0.25, 0.3) is 0 Å². The van der Waals surface area contributed by atoms with Crippen molar-refractivity contribution in [1.82, 2.24) is 0 Å². The Morgan fingerprint density at radius 1 is 0.783 bits per heavy atom. The summed E-state index contributed by atoms with van der Waals surface area (Å²) in [6.07, 6.45) is 0. The van der Waals surface area contributed by atoms with Crippen molar-refractivity contribution in [3.63, 3.8) is 0 Å². The smallest absolute Gasteiger partial charge is 0.339 e. The minimum absolute atomic E-state index is 0.0144. The summed E-state index contributed by atoms with van der Waals surface area (Å²) >= 11 is 0. The molecule has 2 aromatic rings. The summed E-state index contributed by atoms with van der Waals surface area (Å²) < 4.78 is 51.1. The van der Waals surface area contributed by atoms with Crippen LogP contribution in [0.25, 0.3) is 0 Å². The number of benzene rings is 2. The summed E-state index contributed by atoms with van der Waals surface area (Å²) in [5, 5.41) is 0. The second kappa shape index (κ2) is 5.24. The number of rotatable bonds is 3. The number of ether oxygens (including phenoxy) is 4. The molecule has 0 aliphatic carbocycles. The fraction of sp³-hybridized carbons (Fsp3) is 0.200. The fourth-order valence-corrected chi connectivity index (χ4v) is 3.22. The van der Waals surface area contributed by atoms with Crippen LogP contribution < -0.4 is 23.1 Å². The Morgan fingerprint density at radius 2 is 1.43 bits per heavy atom. The highest BCUT2D eigenvalue weighted by Crippen LogP contribution is 2.37. The third-order valence-electron chi connectivity index (χ3n) is 3.35. The third-order valence-corrected chi connectivity index (χ3v) is 4.60. The molecule has 120 valence electrons. The van der Waals surface area contributed by atoms with Gasteiger partial charge >= 0.3 is 10.1 Å². The van der Waals surface area contributed by atoms with E-state index in [1.54, 1.807) is 12.1 Å². The van der Waals surface area contributed by atoms with Gasteiger partial charge in [0.1, 0.15) is 23.9 Å². The van der Waals surface area contributed by atoms with Gasteiger partial charge in [-0.2, -0.15) is 8.42 Å². The van der Waals surface area contributed by atoms with Crippen LogP contribution >= 0.6 is 0 Å². The minimum atomic E-state index is -4.00. The topological polar surface area (TPSA) is 80.3 Å². The first-order valence-corrected chi connectivity index (χ1v) is 8.26. The van der Waals surface area contributed by atoms with Crippen molar-refractivity contribution in [3.05, 3.63) is 36.4 Å². The Morgan fingerprint density at radius 3 is 2.30 bits per heavy atom. The van der Waals surface area contributed by atoms with Crippen LogP contribution in [-0.4, -0.2) is 28.4 Å². The molecule has 0 amide bonds. The van der Waals surface area contributed by atoms with Crippen LogP contribution in [0.15, 0.2) is 41.3 Å². The average Bonchev–Trinajstić information content (AvgIpc) is 3.01. The predicted molar refractivity (Wildman–Crippen MR) is 77.8 cm³/mol. The number of hydrogen-bond donors (Lipinski definition) is 0. The van der Waals surface area contributed by atoms with Crippen molar-refractivity contribution in [2.45, 2.75) is 4.90 Å². The first-order chi connectivity index (χ1) is 11.1. The lowest BCUT2D eigenvalue weighted by Gasteiger charge is -2.18. The van der Waals surface area contributed by atoms with Gasteiger partial charge in [0.05, 0.1) is 0 Å². The second-order valence-electron chi connectivity index (χ2n) is 4.86. The van der Waals surface area contributed by atoms with E-state index in [0.29, 0.717) is 36.2 Å². The molecule has 0 unspecified atom stereocenters. The molecule has 2 aromatic carbocycles. The predicted octanol–water partition coefficient (Wildman–Crippen LogP) is 1.95. The summed E-state index contributed by atoms with van der Waals surface area (Å²) in [5.41, 5.74) is 0. The van der Waals surface area contributed by atoms with Gasteiger partial charge in [-0.25, -0.2) is 0 Å². The molecule has 0 saturated carbocycles. The Kier molecular flexibility index (Phi) is 3.19. The van der Waals surface area contributed by atoms with Crippen LogP contribution in [0.4, 0.5) is 0 Å². The van der Waals surface area contributed by atoms with E-state index in [1.165, 1.54) is 24.3 Å². The highest BCUT2D eigenvalue weighted by molar-refractivity contribution is 7.87. The Balaban J connectivity index is 1.63. The van der Waals surface area contributed by atoms with E-state index in [4.69, 9.17) is 23.1 Å². The van der Waals surface area contributed by atoms with E-state index < -0.39 is 10.1 Å². The van der Waals surface area contributed by atoms with Gasteiger partial charge in [-0.05, 0) is 24.3 Å². The molecule has 0 fully saturated rings. The van der Waals surface area contributed by atoms with Crippen molar-refractivity contribution in [2.75, 3.05) is 20.0 Å². The van der Waals surface area contributed by atoms with Crippen molar-refractivity contribution in [3.8, 4) is 28.7 Å². The number of fused-ring (bicyclic) bond motifs is 2. The molecule has 0 N–H and O–H groups in total. The van der Waals surface area contributed by atoms with E-state index in [-0.39, 0.29) is 17.4 Å². The quantitative estimate of drug-likeness (QED) is 0.793. The molecule has 0 saturated heterocycles. The minimum Gasteiger partial charge on any atom is -0.486 e. The summed E-state index contributed by atoms with van der Waals surface area (Å²) in [6.45, 7) is 0.917. The van der Waals surface area contributed by atoms with Gasteiger partial charge < -0.3 is 23.1 Å². The van der Waals surface area contributed by atoms with Gasteiger partial charge in [-0.15, -0.1) is 0 Å². The first kappa shape index (κ1) is 14.0. The zero-order chi connectivity index (χ0) is 15.9. The van der Waals surface area contributed by atoms with Crippen molar-refractivity contribution >= 4 is 10.1 Å². The van der Waals surface area contributed by atoms with E-state index in [0.717, 1.165) is 0 Å². The number of hydrogen-bond acceptors (Lipinski definition) is 7. The van der Waals surface area contributed by atoms with Crippen LogP contribution in [0.3, 0.4) is 0 Å². The SMILES string of the molecule is O=S(=O)(Oc1ccc2c(c1)OCO2)c1ccc2c(c1)OCCO2. The summed E-state index contributed by atoms with van der Waals surface area (Å²) in [6, 6.07) is 8.91. The van der Waals surface area contributed by atoms with Crippen LogP contribution in [0.2, 0.25) is 0 Å². The molecule has 4 rings (SSSR count). The standard InChI is InChI=1S/C15H12O7S/c16-23(17,11-2-4-12-15(8-11)19-6-5-18-12)22-10-1-3-13-14(7-10)21-9-20-13/h1-4,7-8H,5-6,9H2. The van der Waals surface area contributed by atoms with Crippen LogP contribution in [0.5, 0.6) is 28.7 Å². The molecule has 2 aliphatic rings. The average molecular weight is 336 g/mol. The van der Waals surface area contributed by atoms with E-state index in [9.17, 15) is 8.42 Å². The molecule has 0 atom stereocenters. The van der Waals surface area contributed by atoms with Gasteiger partial charge in [-0.1, -0.05) is 0 Å². The zero-order valence-electron chi connectivity index (χ0n) is 11.9. The van der Waals surface area contributed by atoms with Crippen LogP contribution in [0, 0.1) is 0 Å². The maximum absolute atomic E-state index is 12.4. The molecule has 7 nitrogen and oxygen atoms in total. The summed E-state index contributed by atoms with van der Waals surface area (Å²) in [5.74, 6) is 2.03. The fourth-order valence-electron chi connectivity index (χ4n) is 2.28. The molecule has 2 aliphatic heterocycles. The van der Waals surface area contributed by atoms with E-state index in [1.807, 2.05) is 0 Å². The lowest BCUT2D eigenvalue weighted by molar-refractivity contribution is 0.171. The summed E-state index contributed by atoms with van der Waals surface area (Å²) in [4.78, 5) is -0.0144. The van der Waals surface area contributed by atoms with Crippen molar-refractivity contribution < 1.29 is 31.5 Å². The highest BCUT2D eigenvalue weighted by Gasteiger charge is 2.22. The zero-order valence-corrected chi connectivity index (χ0v) is 12.7. The Labute approximate surface area is 132 Å². The molecule has 8 heteroatoms. The lowest BCUT2D eigenvalue weighted by atomic mass is 10.3. The normalized spacial score (nSPS) is 15.3. The molecule has 23 heavy (non-hydrogen) atoms. The molecule has 0 bridgehead atoms. The Hall–Kier alpha value is -2.61. The van der Waals surface area contributed by atoms with Crippen LogP contribution in [0.1, 0.15) is 0 Å². The van der Waals surface area contributed by atoms with E-state index >= 15 is 0 Å². The molecular weight excluding hydrogens is 324 g/mol. The largest absolute Gasteiger partial charge is 0.486 e. The van der Waals surface area contributed by atoms with Crippen molar-refractivity contribution in [2.24, 2.45) is 0 Å². The maximum Gasteiger partial charge on any atom is 0.339 e. The lowest BCUT2D eigenvalue weighted by Crippen LogP contribution is -2.16.